The van der Waals surface area contributed by atoms with Crippen LogP contribution in [0.15, 0.2) is 23.8 Å². The lowest BCUT2D eigenvalue weighted by Gasteiger charge is -2.54. The first-order valence-corrected chi connectivity index (χ1v) is 8.94. The van der Waals surface area contributed by atoms with Gasteiger partial charge in [-0.1, -0.05) is 26.0 Å². The van der Waals surface area contributed by atoms with Crippen molar-refractivity contribution >= 4 is 5.78 Å². The molecule has 22 heavy (non-hydrogen) atoms. The molecule has 4 aliphatic carbocycles. The number of allylic oxidation sites excluding steroid dienone is 4. The highest BCUT2D eigenvalue weighted by Crippen LogP contribution is 2.61. The van der Waals surface area contributed by atoms with Crippen LogP contribution in [-0.2, 0) is 4.79 Å². The summed E-state index contributed by atoms with van der Waals surface area (Å²) in [6.45, 7) is 4.83. The summed E-state index contributed by atoms with van der Waals surface area (Å²) in [6, 6.07) is 0. The molecule has 0 aliphatic heterocycles. The number of ketones is 1. The van der Waals surface area contributed by atoms with Gasteiger partial charge in [-0.25, -0.2) is 0 Å². The lowest BCUT2D eigenvalue weighted by molar-refractivity contribution is -0.116. The van der Waals surface area contributed by atoms with E-state index in [9.17, 15) is 4.79 Å². The van der Waals surface area contributed by atoms with E-state index in [1.54, 1.807) is 0 Å². The largest absolute Gasteiger partial charge is 0.295 e. The van der Waals surface area contributed by atoms with Gasteiger partial charge in [-0.15, -0.1) is 12.3 Å². The number of hydrogen-bond acceptors (Lipinski definition) is 1. The molecule has 0 heterocycles. The van der Waals surface area contributed by atoms with Crippen LogP contribution < -0.4 is 0 Å². The summed E-state index contributed by atoms with van der Waals surface area (Å²) in [5, 5.41) is 0. The molecule has 116 valence electrons. The summed E-state index contributed by atoms with van der Waals surface area (Å²) < 4.78 is 0. The van der Waals surface area contributed by atoms with Gasteiger partial charge in [0.25, 0.3) is 0 Å². The van der Waals surface area contributed by atoms with Crippen molar-refractivity contribution in [3.05, 3.63) is 23.8 Å². The topological polar surface area (TPSA) is 17.1 Å². The van der Waals surface area contributed by atoms with Crippen LogP contribution >= 0.6 is 0 Å². The molecule has 0 N–H and O–H groups in total. The van der Waals surface area contributed by atoms with Crippen LogP contribution in [0.1, 0.15) is 46.0 Å². The third-order valence-electron chi connectivity index (χ3n) is 7.41. The molecule has 0 amide bonds. The summed E-state index contributed by atoms with van der Waals surface area (Å²) in [4.78, 5) is 11.8. The number of terminal acetylenes is 1. The Hall–Kier alpha value is -1.29. The zero-order valence-electron chi connectivity index (χ0n) is 13.7. The molecule has 1 nitrogen and oxygen atoms in total. The first-order chi connectivity index (χ1) is 10.5. The number of hydrogen-bond donors (Lipinski definition) is 0. The molecule has 7 atom stereocenters. The van der Waals surface area contributed by atoms with E-state index in [1.165, 1.54) is 24.8 Å². The molecule has 0 saturated heterocycles. The van der Waals surface area contributed by atoms with E-state index in [0.29, 0.717) is 23.5 Å². The fraction of sp³-hybridized carbons (Fsp3) is 0.667. The molecule has 0 aromatic rings. The number of fused-ring (bicyclic) bond motifs is 5. The Labute approximate surface area is 134 Å². The summed E-state index contributed by atoms with van der Waals surface area (Å²) in [6.07, 6.45) is 18.0. The van der Waals surface area contributed by atoms with Gasteiger partial charge in [-0.05, 0) is 72.3 Å². The number of carbonyl (C=O) groups excluding carboxylic acids is 1. The molecule has 0 aromatic carbocycles. The fourth-order valence-corrected chi connectivity index (χ4v) is 6.28. The van der Waals surface area contributed by atoms with Crippen LogP contribution in [0.5, 0.6) is 0 Å². The minimum atomic E-state index is 0.209. The molecule has 1 heteroatoms. The number of rotatable bonds is 0. The van der Waals surface area contributed by atoms with Crippen molar-refractivity contribution in [3.8, 4) is 12.3 Å². The quantitative estimate of drug-likeness (QED) is 0.605. The van der Waals surface area contributed by atoms with Gasteiger partial charge in [-0.3, -0.25) is 4.79 Å². The summed E-state index contributed by atoms with van der Waals surface area (Å²) in [5.41, 5.74) is 1.50. The van der Waals surface area contributed by atoms with Crippen molar-refractivity contribution in [3.63, 3.8) is 0 Å². The van der Waals surface area contributed by atoms with Crippen molar-refractivity contribution in [1.82, 2.24) is 0 Å². The predicted molar refractivity (Wildman–Crippen MR) is 88.9 cm³/mol. The fourth-order valence-electron chi connectivity index (χ4n) is 6.28. The van der Waals surface area contributed by atoms with Crippen LogP contribution in [0.3, 0.4) is 0 Å². The number of carbonyl (C=O) groups is 1. The second kappa shape index (κ2) is 4.85. The van der Waals surface area contributed by atoms with Gasteiger partial charge in [-0.2, -0.15) is 0 Å². The lowest BCUT2D eigenvalue weighted by atomic mass is 9.50. The van der Waals surface area contributed by atoms with E-state index in [4.69, 9.17) is 6.42 Å². The van der Waals surface area contributed by atoms with Crippen molar-refractivity contribution in [2.24, 2.45) is 40.9 Å². The first kappa shape index (κ1) is 14.3. The Morgan fingerprint density at radius 2 is 2.18 bits per heavy atom. The van der Waals surface area contributed by atoms with Gasteiger partial charge in [0.05, 0.1) is 0 Å². The van der Waals surface area contributed by atoms with E-state index in [1.807, 2.05) is 6.08 Å². The van der Waals surface area contributed by atoms with Crippen molar-refractivity contribution in [1.29, 1.82) is 0 Å². The third kappa shape index (κ3) is 1.82. The SMILES string of the molecule is C#C[C@H]1CCC2C3C=CC4=CC(=O)CC[C@]4(C)C3C[C@@H](C)C21. The lowest BCUT2D eigenvalue weighted by Crippen LogP contribution is -2.47. The maximum Gasteiger partial charge on any atom is 0.156 e. The van der Waals surface area contributed by atoms with Gasteiger partial charge >= 0.3 is 0 Å². The second-order valence-electron chi connectivity index (χ2n) is 8.33. The highest BCUT2D eigenvalue weighted by Gasteiger charge is 2.54. The standard InChI is InChI=1S/C21H26O/c1-4-14-5-7-18-17-8-6-15-12-16(22)9-10-21(15,3)19(17)11-13(2)20(14)18/h1,6,8,12-14,17-20H,5,7,9-11H2,2-3H3/t13-,14+,17?,18?,19?,20?,21+/m1/s1. The maximum absolute atomic E-state index is 11.8. The van der Waals surface area contributed by atoms with Gasteiger partial charge in [0.1, 0.15) is 0 Å². The van der Waals surface area contributed by atoms with Gasteiger partial charge in [0.15, 0.2) is 5.78 Å². The molecule has 4 aliphatic rings. The maximum atomic E-state index is 11.8. The molecule has 2 saturated carbocycles. The van der Waals surface area contributed by atoms with Crippen LogP contribution in [0.25, 0.3) is 0 Å². The third-order valence-corrected chi connectivity index (χ3v) is 7.41. The minimum Gasteiger partial charge on any atom is -0.295 e. The smallest absolute Gasteiger partial charge is 0.156 e. The first-order valence-electron chi connectivity index (χ1n) is 8.94. The Morgan fingerprint density at radius 1 is 1.36 bits per heavy atom. The van der Waals surface area contributed by atoms with Crippen LogP contribution in [0, 0.1) is 53.3 Å². The Balaban J connectivity index is 1.74. The van der Waals surface area contributed by atoms with E-state index >= 15 is 0 Å². The van der Waals surface area contributed by atoms with E-state index in [-0.39, 0.29) is 5.41 Å². The molecule has 0 spiro atoms. The molecule has 0 aromatic heterocycles. The molecular formula is C21H26O. The Kier molecular flexibility index (Phi) is 3.16. The van der Waals surface area contributed by atoms with Crippen LogP contribution in [0.4, 0.5) is 0 Å². The molecule has 0 bridgehead atoms. The van der Waals surface area contributed by atoms with Crippen molar-refractivity contribution in [2.75, 3.05) is 0 Å². The van der Waals surface area contributed by atoms with Crippen LogP contribution in [-0.4, -0.2) is 5.78 Å². The van der Waals surface area contributed by atoms with E-state index in [2.05, 4.69) is 31.9 Å². The summed E-state index contributed by atoms with van der Waals surface area (Å²) in [7, 11) is 0. The predicted octanol–water partition coefficient (Wildman–Crippen LogP) is 4.40. The molecular weight excluding hydrogens is 268 g/mol. The molecule has 0 radical (unpaired) electrons. The summed E-state index contributed by atoms with van der Waals surface area (Å²) in [5.74, 6) is 7.46. The average molecular weight is 294 g/mol. The molecule has 2 fully saturated rings. The Morgan fingerprint density at radius 3 is 2.95 bits per heavy atom. The average Bonchev–Trinajstić information content (AvgIpc) is 2.94. The van der Waals surface area contributed by atoms with Gasteiger partial charge in [0.2, 0.25) is 0 Å². The zero-order chi connectivity index (χ0) is 15.5. The van der Waals surface area contributed by atoms with Gasteiger partial charge < -0.3 is 0 Å². The monoisotopic (exact) mass is 294 g/mol. The highest BCUT2D eigenvalue weighted by atomic mass is 16.1. The van der Waals surface area contributed by atoms with Crippen molar-refractivity contribution < 1.29 is 4.79 Å². The normalized spacial score (nSPS) is 49.7. The molecule has 4 rings (SSSR count). The highest BCUT2D eigenvalue weighted by molar-refractivity contribution is 5.92. The van der Waals surface area contributed by atoms with Crippen molar-refractivity contribution in [2.45, 2.75) is 46.0 Å². The van der Waals surface area contributed by atoms with E-state index in [0.717, 1.165) is 30.6 Å². The zero-order valence-corrected chi connectivity index (χ0v) is 13.7. The summed E-state index contributed by atoms with van der Waals surface area (Å²) >= 11 is 0. The Bertz CT molecular complexity index is 604. The molecule has 4 unspecified atom stereocenters. The van der Waals surface area contributed by atoms with E-state index < -0.39 is 0 Å². The van der Waals surface area contributed by atoms with Crippen LogP contribution in [0.2, 0.25) is 0 Å². The van der Waals surface area contributed by atoms with Gasteiger partial charge in [0, 0.05) is 12.3 Å². The minimum absolute atomic E-state index is 0.209. The second-order valence-corrected chi connectivity index (χ2v) is 8.33.